The molecule has 26 heavy (non-hydrogen) atoms. The average Bonchev–Trinajstić information content (AvgIpc) is 2.67. The van der Waals surface area contributed by atoms with Crippen molar-refractivity contribution in [2.75, 3.05) is 0 Å². The standard InChI is InChI=1S/C23H13BrO2/c24-22-15-11-20(12-16-22)8-6-18-3-1-17(2-4-18)5-7-19-9-13-21(14-10-19)23(25)26/h1-4,9-16H,(H,25,26). The average molecular weight is 401 g/mol. The molecule has 0 saturated carbocycles. The summed E-state index contributed by atoms with van der Waals surface area (Å²) in [6.45, 7) is 0. The van der Waals surface area contributed by atoms with E-state index in [4.69, 9.17) is 5.11 Å². The van der Waals surface area contributed by atoms with Gasteiger partial charge in [0.15, 0.2) is 0 Å². The fourth-order valence-corrected chi connectivity index (χ4v) is 2.42. The summed E-state index contributed by atoms with van der Waals surface area (Å²) in [4.78, 5) is 10.8. The molecule has 0 heterocycles. The van der Waals surface area contributed by atoms with E-state index >= 15 is 0 Å². The molecule has 3 heteroatoms. The van der Waals surface area contributed by atoms with Gasteiger partial charge in [-0.2, -0.15) is 0 Å². The molecule has 3 rings (SSSR count). The summed E-state index contributed by atoms with van der Waals surface area (Å²) in [6, 6.07) is 22.1. The normalized spacial score (nSPS) is 9.42. The van der Waals surface area contributed by atoms with Crippen molar-refractivity contribution in [2.45, 2.75) is 0 Å². The zero-order chi connectivity index (χ0) is 18.4. The molecule has 0 aliphatic carbocycles. The third-order valence-corrected chi connectivity index (χ3v) is 4.09. The van der Waals surface area contributed by atoms with Crippen LogP contribution >= 0.6 is 15.9 Å². The molecule has 0 unspecified atom stereocenters. The summed E-state index contributed by atoms with van der Waals surface area (Å²) in [6.07, 6.45) is 0. The molecule has 3 aromatic carbocycles. The van der Waals surface area contributed by atoms with Gasteiger partial charge in [-0.25, -0.2) is 4.79 Å². The van der Waals surface area contributed by atoms with E-state index in [1.165, 1.54) is 0 Å². The van der Waals surface area contributed by atoms with Crippen LogP contribution in [0, 0.1) is 23.7 Å². The maximum absolute atomic E-state index is 10.8. The van der Waals surface area contributed by atoms with Gasteiger partial charge in [-0.3, -0.25) is 0 Å². The summed E-state index contributed by atoms with van der Waals surface area (Å²) in [7, 11) is 0. The van der Waals surface area contributed by atoms with E-state index in [2.05, 4.69) is 39.6 Å². The molecule has 0 spiro atoms. The van der Waals surface area contributed by atoms with E-state index < -0.39 is 5.97 Å². The van der Waals surface area contributed by atoms with Crippen molar-refractivity contribution in [1.82, 2.24) is 0 Å². The molecule has 0 saturated heterocycles. The Morgan fingerprint density at radius 1 is 0.615 bits per heavy atom. The second-order valence-corrected chi connectivity index (χ2v) is 6.38. The lowest BCUT2D eigenvalue weighted by molar-refractivity contribution is 0.0697. The molecule has 0 bridgehead atoms. The van der Waals surface area contributed by atoms with E-state index in [1.807, 2.05) is 48.5 Å². The zero-order valence-electron chi connectivity index (χ0n) is 13.7. The van der Waals surface area contributed by atoms with Crippen LogP contribution in [0.4, 0.5) is 0 Å². The highest BCUT2D eigenvalue weighted by Crippen LogP contribution is 2.10. The number of carbonyl (C=O) groups is 1. The number of carboxylic acids is 1. The third-order valence-electron chi connectivity index (χ3n) is 3.56. The molecule has 3 aromatic rings. The Balaban J connectivity index is 1.70. The molecular formula is C23H13BrO2. The summed E-state index contributed by atoms with van der Waals surface area (Å²) >= 11 is 3.40. The van der Waals surface area contributed by atoms with E-state index in [0.717, 1.165) is 26.7 Å². The van der Waals surface area contributed by atoms with Crippen molar-refractivity contribution in [1.29, 1.82) is 0 Å². The van der Waals surface area contributed by atoms with Crippen LogP contribution in [0.1, 0.15) is 32.6 Å². The zero-order valence-corrected chi connectivity index (χ0v) is 15.2. The van der Waals surface area contributed by atoms with E-state index in [-0.39, 0.29) is 5.56 Å². The number of rotatable bonds is 1. The van der Waals surface area contributed by atoms with Gasteiger partial charge < -0.3 is 5.11 Å². The highest BCUT2D eigenvalue weighted by molar-refractivity contribution is 9.10. The van der Waals surface area contributed by atoms with Gasteiger partial charge in [0.25, 0.3) is 0 Å². The largest absolute Gasteiger partial charge is 0.478 e. The van der Waals surface area contributed by atoms with E-state index in [0.29, 0.717) is 0 Å². The van der Waals surface area contributed by atoms with Crippen LogP contribution in [0.2, 0.25) is 0 Å². The van der Waals surface area contributed by atoms with Crippen LogP contribution < -0.4 is 0 Å². The van der Waals surface area contributed by atoms with Gasteiger partial charge in [-0.1, -0.05) is 39.6 Å². The van der Waals surface area contributed by atoms with Gasteiger partial charge in [-0.15, -0.1) is 0 Å². The van der Waals surface area contributed by atoms with Crippen LogP contribution in [-0.2, 0) is 0 Å². The lowest BCUT2D eigenvalue weighted by atomic mass is 10.1. The summed E-state index contributed by atoms with van der Waals surface area (Å²) in [5, 5.41) is 8.89. The van der Waals surface area contributed by atoms with Crippen LogP contribution in [0.3, 0.4) is 0 Å². The fourth-order valence-electron chi connectivity index (χ4n) is 2.15. The van der Waals surface area contributed by atoms with Gasteiger partial charge in [-0.05, 0) is 72.8 Å². The van der Waals surface area contributed by atoms with Crippen LogP contribution in [-0.4, -0.2) is 11.1 Å². The van der Waals surface area contributed by atoms with E-state index in [9.17, 15) is 4.79 Å². The summed E-state index contributed by atoms with van der Waals surface area (Å²) in [5.74, 6) is 11.4. The van der Waals surface area contributed by atoms with Gasteiger partial charge in [0.2, 0.25) is 0 Å². The number of hydrogen-bond donors (Lipinski definition) is 1. The van der Waals surface area contributed by atoms with Crippen molar-refractivity contribution < 1.29 is 9.90 Å². The maximum atomic E-state index is 10.8. The van der Waals surface area contributed by atoms with Crippen molar-refractivity contribution in [3.05, 3.63) is 105 Å². The Bertz CT molecular complexity index is 1040. The second kappa shape index (κ2) is 8.21. The number of aromatic carboxylic acids is 1. The van der Waals surface area contributed by atoms with Gasteiger partial charge in [0.1, 0.15) is 0 Å². The minimum absolute atomic E-state index is 0.254. The predicted octanol–water partition coefficient (Wildman–Crippen LogP) is 4.95. The third kappa shape index (κ3) is 4.86. The molecule has 0 aliphatic heterocycles. The topological polar surface area (TPSA) is 37.3 Å². The van der Waals surface area contributed by atoms with Crippen LogP contribution in [0.5, 0.6) is 0 Å². The first-order valence-corrected chi connectivity index (χ1v) is 8.62. The van der Waals surface area contributed by atoms with Crippen molar-refractivity contribution in [2.24, 2.45) is 0 Å². The number of hydrogen-bond acceptors (Lipinski definition) is 1. The van der Waals surface area contributed by atoms with Gasteiger partial charge >= 0.3 is 5.97 Å². The molecule has 0 atom stereocenters. The molecule has 2 nitrogen and oxygen atoms in total. The first kappa shape index (κ1) is 17.5. The molecule has 124 valence electrons. The molecular weight excluding hydrogens is 388 g/mol. The van der Waals surface area contributed by atoms with Crippen LogP contribution in [0.15, 0.2) is 77.3 Å². The van der Waals surface area contributed by atoms with Crippen molar-refractivity contribution >= 4 is 21.9 Å². The molecule has 0 amide bonds. The minimum atomic E-state index is -0.940. The van der Waals surface area contributed by atoms with Crippen molar-refractivity contribution in [3.8, 4) is 23.7 Å². The molecule has 0 aliphatic rings. The predicted molar refractivity (Wildman–Crippen MR) is 106 cm³/mol. The Kier molecular flexibility index (Phi) is 5.54. The lowest BCUT2D eigenvalue weighted by Gasteiger charge is -1.94. The monoisotopic (exact) mass is 400 g/mol. The van der Waals surface area contributed by atoms with E-state index in [1.54, 1.807) is 24.3 Å². The lowest BCUT2D eigenvalue weighted by Crippen LogP contribution is -1.94. The molecule has 0 aromatic heterocycles. The highest BCUT2D eigenvalue weighted by Gasteiger charge is 2.00. The van der Waals surface area contributed by atoms with Crippen LogP contribution in [0.25, 0.3) is 0 Å². The summed E-state index contributed by atoms with van der Waals surface area (Å²) < 4.78 is 1.03. The first-order chi connectivity index (χ1) is 12.6. The SMILES string of the molecule is O=C(O)c1ccc(C#Cc2ccc(C#Cc3ccc(Br)cc3)cc2)cc1. The minimum Gasteiger partial charge on any atom is -0.478 e. The Hall–Kier alpha value is -3.27. The van der Waals surface area contributed by atoms with Gasteiger partial charge in [0.05, 0.1) is 5.56 Å². The molecule has 0 fully saturated rings. The Morgan fingerprint density at radius 2 is 0.923 bits per heavy atom. The Labute approximate surface area is 160 Å². The molecule has 0 radical (unpaired) electrons. The van der Waals surface area contributed by atoms with Crippen molar-refractivity contribution in [3.63, 3.8) is 0 Å². The quantitative estimate of drug-likeness (QED) is 0.586. The Morgan fingerprint density at radius 3 is 1.27 bits per heavy atom. The van der Waals surface area contributed by atoms with Gasteiger partial charge in [0, 0.05) is 26.7 Å². The highest BCUT2D eigenvalue weighted by atomic mass is 79.9. The summed E-state index contributed by atoms with van der Waals surface area (Å²) in [5.41, 5.74) is 3.78. The second-order valence-electron chi connectivity index (χ2n) is 5.47. The number of halogens is 1. The fraction of sp³-hybridized carbons (Fsp3) is 0. The number of carboxylic acid groups (broad SMARTS) is 1. The first-order valence-electron chi connectivity index (χ1n) is 7.83. The maximum Gasteiger partial charge on any atom is 0.335 e. The smallest absolute Gasteiger partial charge is 0.335 e. The number of benzene rings is 3. The molecule has 1 N–H and O–H groups in total.